The first-order valence-corrected chi connectivity index (χ1v) is 12.7. The predicted octanol–water partition coefficient (Wildman–Crippen LogP) is 3.81. The molecule has 31 heavy (non-hydrogen) atoms. The first-order valence-electron chi connectivity index (χ1n) is 9.34. The van der Waals surface area contributed by atoms with Gasteiger partial charge in [-0.1, -0.05) is 42.5 Å². The topological polar surface area (TPSA) is 74.8 Å². The number of nitrogens with zero attached hydrogens (tertiary/aromatic N) is 2. The zero-order valence-corrected chi connectivity index (χ0v) is 20.2. The maximum atomic E-state index is 12.7. The van der Waals surface area contributed by atoms with Gasteiger partial charge in [0.15, 0.2) is 0 Å². The molecule has 0 bridgehead atoms. The van der Waals surface area contributed by atoms with Crippen LogP contribution in [0.25, 0.3) is 22.3 Å². The zero-order valence-electron chi connectivity index (χ0n) is 17.6. The summed E-state index contributed by atoms with van der Waals surface area (Å²) in [7, 11) is -1.34. The molecule has 0 aromatic heterocycles. The lowest BCUT2D eigenvalue weighted by atomic mass is 9.95. The van der Waals surface area contributed by atoms with Crippen LogP contribution < -0.4 is 0 Å². The van der Waals surface area contributed by atoms with Gasteiger partial charge >= 0.3 is 0 Å². The van der Waals surface area contributed by atoms with Crippen LogP contribution in [0.4, 0.5) is 0 Å². The van der Waals surface area contributed by atoms with Crippen LogP contribution in [-0.2, 0) is 20.0 Å². The van der Waals surface area contributed by atoms with E-state index in [4.69, 9.17) is 0 Å². The molecule has 0 aliphatic heterocycles. The molecule has 6 nitrogen and oxygen atoms in total. The summed E-state index contributed by atoms with van der Waals surface area (Å²) in [5.74, 6) is 0. The lowest BCUT2D eigenvalue weighted by molar-refractivity contribution is 0.518. The van der Waals surface area contributed by atoms with Crippen LogP contribution in [0.5, 0.6) is 0 Å². The van der Waals surface area contributed by atoms with Crippen molar-refractivity contribution in [3.05, 3.63) is 66.7 Å². The minimum Gasteiger partial charge on any atom is -0.207 e. The van der Waals surface area contributed by atoms with Crippen molar-refractivity contribution in [2.24, 2.45) is 0 Å². The Labute approximate surface area is 189 Å². The van der Waals surface area contributed by atoms with E-state index in [1.54, 1.807) is 30.3 Å². The fourth-order valence-corrected chi connectivity index (χ4v) is 5.55. The van der Waals surface area contributed by atoms with E-state index in [2.05, 4.69) is 12.6 Å². The number of thiol groups is 1. The van der Waals surface area contributed by atoms with Crippen molar-refractivity contribution in [2.45, 2.75) is 14.7 Å². The van der Waals surface area contributed by atoms with Gasteiger partial charge in [0.2, 0.25) is 20.0 Å². The summed E-state index contributed by atoms with van der Waals surface area (Å²) in [6.07, 6.45) is 0. The molecule has 0 amide bonds. The minimum absolute atomic E-state index is 0.109. The molecule has 0 aliphatic carbocycles. The van der Waals surface area contributed by atoms with Crippen LogP contribution in [-0.4, -0.2) is 53.6 Å². The van der Waals surface area contributed by atoms with Crippen LogP contribution in [0.2, 0.25) is 0 Å². The molecule has 0 radical (unpaired) electrons. The summed E-state index contributed by atoms with van der Waals surface area (Å²) >= 11 is 4.41. The average Bonchev–Trinajstić information content (AvgIpc) is 2.73. The predicted molar refractivity (Wildman–Crippen MR) is 126 cm³/mol. The summed E-state index contributed by atoms with van der Waals surface area (Å²) in [6, 6.07) is 19.3. The molecule has 0 saturated carbocycles. The third-order valence-corrected chi connectivity index (χ3v) is 9.09. The van der Waals surface area contributed by atoms with Crippen LogP contribution in [0.1, 0.15) is 0 Å². The Bertz CT molecular complexity index is 1320. The van der Waals surface area contributed by atoms with Crippen molar-refractivity contribution in [2.75, 3.05) is 28.2 Å². The highest BCUT2D eigenvalue weighted by molar-refractivity contribution is 7.90. The van der Waals surface area contributed by atoms with Gasteiger partial charge in [-0.2, -0.15) is 0 Å². The maximum absolute atomic E-state index is 12.7. The smallest absolute Gasteiger partial charge is 0.207 e. The van der Waals surface area contributed by atoms with E-state index in [9.17, 15) is 16.8 Å². The Morgan fingerprint density at radius 2 is 1.26 bits per heavy atom. The van der Waals surface area contributed by atoms with E-state index in [1.807, 2.05) is 30.3 Å². The molecule has 0 fully saturated rings. The zero-order chi connectivity index (χ0) is 23.0. The third kappa shape index (κ3) is 4.56. The summed E-state index contributed by atoms with van der Waals surface area (Å²) in [6.45, 7) is 0. The van der Waals surface area contributed by atoms with Crippen molar-refractivity contribution in [1.82, 2.24) is 8.61 Å². The largest absolute Gasteiger partial charge is 0.243 e. The minimum atomic E-state index is -3.63. The van der Waals surface area contributed by atoms with Gasteiger partial charge in [-0.3, -0.25) is 0 Å². The average molecular weight is 477 g/mol. The van der Waals surface area contributed by atoms with E-state index in [0.717, 1.165) is 26.6 Å². The van der Waals surface area contributed by atoms with Gasteiger partial charge in [-0.15, -0.1) is 12.6 Å². The van der Waals surface area contributed by atoms with Gasteiger partial charge < -0.3 is 0 Å². The molecule has 0 atom stereocenters. The normalized spacial score (nSPS) is 12.5. The van der Waals surface area contributed by atoms with Crippen LogP contribution >= 0.6 is 12.6 Å². The van der Waals surface area contributed by atoms with Crippen molar-refractivity contribution >= 4 is 32.7 Å². The van der Waals surface area contributed by atoms with Gasteiger partial charge in [0, 0.05) is 33.1 Å². The molecule has 0 heterocycles. The van der Waals surface area contributed by atoms with E-state index in [-0.39, 0.29) is 9.79 Å². The van der Waals surface area contributed by atoms with E-state index >= 15 is 0 Å². The van der Waals surface area contributed by atoms with Gasteiger partial charge in [0.05, 0.1) is 9.79 Å². The standard InChI is InChI=1S/C22H24N2O4S3/c1-23(2)30(25,26)18-11-12-19(20(15-18)16-8-6-5-7-9-16)17-10-13-22(21(29)14-17)31(27,28)24(3)4/h5-15,29H,1-4H3. The van der Waals surface area contributed by atoms with Crippen molar-refractivity contribution < 1.29 is 16.8 Å². The monoisotopic (exact) mass is 476 g/mol. The van der Waals surface area contributed by atoms with E-state index in [0.29, 0.717) is 4.90 Å². The molecule has 3 aromatic rings. The molecular formula is C22H24N2O4S3. The highest BCUT2D eigenvalue weighted by Crippen LogP contribution is 2.36. The first-order chi connectivity index (χ1) is 14.5. The van der Waals surface area contributed by atoms with Crippen molar-refractivity contribution in [1.29, 1.82) is 0 Å². The second kappa shape index (κ2) is 8.76. The highest BCUT2D eigenvalue weighted by atomic mass is 32.2. The van der Waals surface area contributed by atoms with Gasteiger partial charge in [-0.25, -0.2) is 25.4 Å². The van der Waals surface area contributed by atoms with E-state index in [1.165, 1.54) is 38.6 Å². The van der Waals surface area contributed by atoms with Gasteiger partial charge in [0.1, 0.15) is 0 Å². The third-order valence-electron chi connectivity index (χ3n) is 4.88. The van der Waals surface area contributed by atoms with Gasteiger partial charge in [0.25, 0.3) is 0 Å². The molecule has 3 aromatic carbocycles. The highest BCUT2D eigenvalue weighted by Gasteiger charge is 2.22. The van der Waals surface area contributed by atoms with Crippen LogP contribution in [0, 0.1) is 0 Å². The number of benzene rings is 3. The number of rotatable bonds is 6. The first kappa shape index (κ1) is 23.5. The van der Waals surface area contributed by atoms with Crippen molar-refractivity contribution in [3.63, 3.8) is 0 Å². The molecule has 0 aliphatic rings. The quantitative estimate of drug-likeness (QED) is 0.549. The molecule has 0 unspecified atom stereocenters. The molecule has 3 rings (SSSR count). The Morgan fingerprint density at radius 1 is 0.645 bits per heavy atom. The molecule has 0 saturated heterocycles. The van der Waals surface area contributed by atoms with Crippen LogP contribution in [0.3, 0.4) is 0 Å². The van der Waals surface area contributed by atoms with Gasteiger partial charge in [-0.05, 0) is 46.5 Å². The molecule has 164 valence electrons. The molecule has 0 spiro atoms. The number of hydrogen-bond donors (Lipinski definition) is 1. The Hall–Kier alpha value is -2.17. The SMILES string of the molecule is CN(C)S(=O)(=O)c1ccc(-c2ccc(S(=O)(=O)N(C)C)c(S)c2)c(-c2ccccc2)c1. The Balaban J connectivity index is 2.23. The Morgan fingerprint density at radius 3 is 1.81 bits per heavy atom. The second-order valence-electron chi connectivity index (χ2n) is 7.33. The fraction of sp³-hybridized carbons (Fsp3) is 0.182. The van der Waals surface area contributed by atoms with Crippen molar-refractivity contribution in [3.8, 4) is 22.3 Å². The summed E-state index contributed by atoms with van der Waals surface area (Å²) in [5.41, 5.74) is 3.07. The lowest BCUT2D eigenvalue weighted by Crippen LogP contribution is -2.22. The lowest BCUT2D eigenvalue weighted by Gasteiger charge is -2.17. The molecule has 9 heteroatoms. The molecular weight excluding hydrogens is 452 g/mol. The number of hydrogen-bond acceptors (Lipinski definition) is 5. The summed E-state index contributed by atoms with van der Waals surface area (Å²) in [4.78, 5) is 0.603. The Kier molecular flexibility index (Phi) is 6.64. The maximum Gasteiger partial charge on any atom is 0.243 e. The molecule has 0 N–H and O–H groups in total. The fourth-order valence-electron chi connectivity index (χ4n) is 3.10. The summed E-state index contributed by atoms with van der Waals surface area (Å²) in [5, 5.41) is 0. The van der Waals surface area contributed by atoms with E-state index < -0.39 is 20.0 Å². The summed E-state index contributed by atoms with van der Waals surface area (Å²) < 4.78 is 52.7. The number of sulfonamides is 2. The van der Waals surface area contributed by atoms with Crippen LogP contribution in [0.15, 0.2) is 81.4 Å². The second-order valence-corrected chi connectivity index (χ2v) is 12.1.